The van der Waals surface area contributed by atoms with Crippen LogP contribution >= 0.6 is 0 Å². The lowest BCUT2D eigenvalue weighted by molar-refractivity contribution is -0.157. The van der Waals surface area contributed by atoms with Gasteiger partial charge >= 0.3 is 12.1 Å². The van der Waals surface area contributed by atoms with Gasteiger partial charge in [0.25, 0.3) is 0 Å². The first-order chi connectivity index (χ1) is 12.2. The molecule has 1 aromatic carbocycles. The molecule has 0 unspecified atom stereocenters. The predicted molar refractivity (Wildman–Crippen MR) is 85.0 cm³/mol. The summed E-state index contributed by atoms with van der Waals surface area (Å²) in [5.74, 6) is -4.21. The normalized spacial score (nSPS) is 18.7. The van der Waals surface area contributed by atoms with Crippen molar-refractivity contribution in [3.63, 3.8) is 0 Å². The van der Waals surface area contributed by atoms with Gasteiger partial charge in [0.15, 0.2) is 0 Å². The fourth-order valence-corrected chi connectivity index (χ4v) is 2.83. The molecule has 6 nitrogen and oxygen atoms in total. The lowest BCUT2D eigenvalue weighted by Gasteiger charge is -2.19. The fraction of sp³-hybridized carbons (Fsp3) is 0.471. The molecule has 1 heterocycles. The molecule has 0 radical (unpaired) electrons. The Morgan fingerprint density at radius 1 is 1.27 bits per heavy atom. The van der Waals surface area contributed by atoms with Crippen LogP contribution < -0.4 is 5.32 Å². The Bertz CT molecular complexity index is 664. The molecule has 1 aromatic rings. The van der Waals surface area contributed by atoms with Crippen molar-refractivity contribution in [1.82, 2.24) is 10.2 Å². The number of nitrogens with zero attached hydrogens (tertiary/aromatic N) is 1. The first kappa shape index (κ1) is 19.7. The molecule has 26 heavy (non-hydrogen) atoms. The Morgan fingerprint density at radius 2 is 1.92 bits per heavy atom. The SMILES string of the molecule is O=C(O)[C@@H](CNC(=O)[C@H]1CC(=O)N(CC(F)(F)F)C1)Cc1ccccc1. The number of amides is 2. The number of carbonyl (C=O) groups is 3. The highest BCUT2D eigenvalue weighted by Crippen LogP contribution is 2.24. The van der Waals surface area contributed by atoms with E-state index in [4.69, 9.17) is 0 Å². The van der Waals surface area contributed by atoms with E-state index >= 15 is 0 Å². The second kappa shape index (κ2) is 8.20. The van der Waals surface area contributed by atoms with Crippen LogP contribution in [0.4, 0.5) is 13.2 Å². The van der Waals surface area contributed by atoms with Gasteiger partial charge in [-0.05, 0) is 12.0 Å². The third-order valence-corrected chi connectivity index (χ3v) is 4.15. The van der Waals surface area contributed by atoms with Gasteiger partial charge < -0.3 is 15.3 Å². The predicted octanol–water partition coefficient (Wildman–Crippen LogP) is 1.46. The Morgan fingerprint density at radius 3 is 2.50 bits per heavy atom. The third-order valence-electron chi connectivity index (χ3n) is 4.15. The van der Waals surface area contributed by atoms with Crippen LogP contribution in [0, 0.1) is 11.8 Å². The number of hydrogen-bond donors (Lipinski definition) is 2. The molecule has 1 aliphatic rings. The smallest absolute Gasteiger partial charge is 0.406 e. The van der Waals surface area contributed by atoms with Gasteiger partial charge in [0.1, 0.15) is 6.54 Å². The summed E-state index contributed by atoms with van der Waals surface area (Å²) in [4.78, 5) is 35.7. The van der Waals surface area contributed by atoms with Crippen molar-refractivity contribution < 1.29 is 32.7 Å². The molecule has 0 aromatic heterocycles. The van der Waals surface area contributed by atoms with Crippen molar-refractivity contribution in [3.8, 4) is 0 Å². The number of hydrogen-bond acceptors (Lipinski definition) is 3. The number of aliphatic carboxylic acids is 1. The molecule has 2 N–H and O–H groups in total. The second-order valence-corrected chi connectivity index (χ2v) is 6.26. The maximum absolute atomic E-state index is 12.4. The molecule has 2 atom stereocenters. The highest BCUT2D eigenvalue weighted by molar-refractivity contribution is 5.89. The average Bonchev–Trinajstić information content (AvgIpc) is 2.91. The standard InChI is InChI=1S/C17H19F3N2O4/c18-17(19,20)10-22-9-13(7-14(22)23)15(24)21-8-12(16(25)26)6-11-4-2-1-3-5-11/h1-5,12-13H,6-10H2,(H,21,24)(H,25,26)/t12-,13+/m1/s1. The number of rotatable bonds is 7. The van der Waals surface area contributed by atoms with Crippen LogP contribution in [0.2, 0.25) is 0 Å². The molecule has 2 amide bonds. The molecule has 2 rings (SSSR count). The minimum absolute atomic E-state index is 0.160. The van der Waals surface area contributed by atoms with Crippen molar-refractivity contribution in [2.75, 3.05) is 19.6 Å². The van der Waals surface area contributed by atoms with Crippen molar-refractivity contribution in [3.05, 3.63) is 35.9 Å². The minimum Gasteiger partial charge on any atom is -0.481 e. The molecule has 0 aliphatic carbocycles. The summed E-state index contributed by atoms with van der Waals surface area (Å²) in [6.45, 7) is -1.87. The van der Waals surface area contributed by atoms with Gasteiger partial charge in [-0.2, -0.15) is 13.2 Å². The summed E-state index contributed by atoms with van der Waals surface area (Å²) in [7, 11) is 0. The molecule has 1 aliphatic heterocycles. The highest BCUT2D eigenvalue weighted by atomic mass is 19.4. The van der Waals surface area contributed by atoms with E-state index in [2.05, 4.69) is 5.32 Å². The van der Waals surface area contributed by atoms with Gasteiger partial charge in [0.2, 0.25) is 11.8 Å². The largest absolute Gasteiger partial charge is 0.481 e. The molecular weight excluding hydrogens is 353 g/mol. The maximum atomic E-state index is 12.4. The van der Waals surface area contributed by atoms with Crippen LogP contribution in [0.15, 0.2) is 30.3 Å². The van der Waals surface area contributed by atoms with Crippen molar-refractivity contribution in [1.29, 1.82) is 0 Å². The van der Waals surface area contributed by atoms with E-state index in [1.165, 1.54) is 0 Å². The zero-order valence-electron chi connectivity index (χ0n) is 13.8. The van der Waals surface area contributed by atoms with Crippen LogP contribution in [0.25, 0.3) is 0 Å². The summed E-state index contributed by atoms with van der Waals surface area (Å²) in [5.41, 5.74) is 0.793. The summed E-state index contributed by atoms with van der Waals surface area (Å²) >= 11 is 0. The van der Waals surface area contributed by atoms with Crippen LogP contribution in [0.3, 0.4) is 0 Å². The van der Waals surface area contributed by atoms with Crippen LogP contribution in [0.1, 0.15) is 12.0 Å². The number of benzene rings is 1. The summed E-state index contributed by atoms with van der Waals surface area (Å²) in [5, 5.41) is 11.7. The van der Waals surface area contributed by atoms with E-state index in [1.54, 1.807) is 30.3 Å². The van der Waals surface area contributed by atoms with E-state index in [-0.39, 0.29) is 25.9 Å². The Balaban J connectivity index is 1.88. The summed E-state index contributed by atoms with van der Waals surface area (Å²) in [6, 6.07) is 8.87. The van der Waals surface area contributed by atoms with Crippen LogP contribution in [-0.2, 0) is 20.8 Å². The Hall–Kier alpha value is -2.58. The van der Waals surface area contributed by atoms with Gasteiger partial charge in [0.05, 0.1) is 11.8 Å². The molecule has 0 spiro atoms. The topological polar surface area (TPSA) is 86.7 Å². The van der Waals surface area contributed by atoms with E-state index in [9.17, 15) is 32.7 Å². The monoisotopic (exact) mass is 372 g/mol. The van der Waals surface area contributed by atoms with Crippen LogP contribution in [-0.4, -0.2) is 53.6 Å². The Labute approximate surface area is 148 Å². The average molecular weight is 372 g/mol. The molecule has 9 heteroatoms. The van der Waals surface area contributed by atoms with E-state index < -0.39 is 42.3 Å². The molecule has 142 valence electrons. The molecule has 0 saturated carbocycles. The lowest BCUT2D eigenvalue weighted by Crippen LogP contribution is -2.39. The number of carboxylic acid groups (broad SMARTS) is 1. The van der Waals surface area contributed by atoms with Crippen molar-refractivity contribution in [2.45, 2.75) is 19.0 Å². The van der Waals surface area contributed by atoms with Gasteiger partial charge in [0, 0.05) is 19.5 Å². The number of alkyl halides is 3. The van der Waals surface area contributed by atoms with Gasteiger partial charge in [-0.3, -0.25) is 14.4 Å². The van der Waals surface area contributed by atoms with Crippen molar-refractivity contribution >= 4 is 17.8 Å². The zero-order valence-corrected chi connectivity index (χ0v) is 13.8. The molecule has 0 bridgehead atoms. The lowest BCUT2D eigenvalue weighted by atomic mass is 9.99. The van der Waals surface area contributed by atoms with Crippen molar-refractivity contribution in [2.24, 2.45) is 11.8 Å². The van der Waals surface area contributed by atoms with Crippen LogP contribution in [0.5, 0.6) is 0 Å². The highest BCUT2D eigenvalue weighted by Gasteiger charge is 2.40. The first-order valence-electron chi connectivity index (χ1n) is 8.04. The zero-order chi connectivity index (χ0) is 19.3. The molecule has 1 saturated heterocycles. The second-order valence-electron chi connectivity index (χ2n) is 6.26. The quantitative estimate of drug-likeness (QED) is 0.759. The minimum atomic E-state index is -4.52. The number of likely N-dealkylation sites (tertiary alicyclic amines) is 1. The van der Waals surface area contributed by atoms with E-state index in [1.807, 2.05) is 0 Å². The van der Waals surface area contributed by atoms with E-state index in [0.29, 0.717) is 4.90 Å². The summed E-state index contributed by atoms with van der Waals surface area (Å²) in [6.07, 6.45) is -4.62. The number of carbonyl (C=O) groups excluding carboxylic acids is 2. The van der Waals surface area contributed by atoms with Gasteiger partial charge in [-0.25, -0.2) is 0 Å². The third kappa shape index (κ3) is 5.75. The number of carboxylic acids is 1. The molecular formula is C17H19F3N2O4. The number of halogens is 3. The summed E-state index contributed by atoms with van der Waals surface area (Å²) < 4.78 is 37.2. The number of nitrogens with one attached hydrogen (secondary N) is 1. The van der Waals surface area contributed by atoms with E-state index in [0.717, 1.165) is 5.56 Å². The van der Waals surface area contributed by atoms with Gasteiger partial charge in [-0.15, -0.1) is 0 Å². The first-order valence-corrected chi connectivity index (χ1v) is 8.04. The van der Waals surface area contributed by atoms with Gasteiger partial charge in [-0.1, -0.05) is 30.3 Å². The fourth-order valence-electron chi connectivity index (χ4n) is 2.83. The Kier molecular flexibility index (Phi) is 6.23. The molecule has 1 fully saturated rings. The maximum Gasteiger partial charge on any atom is 0.406 e.